The van der Waals surface area contributed by atoms with Crippen molar-refractivity contribution in [2.24, 2.45) is 0 Å². The Balaban J connectivity index is 1.42. The minimum atomic E-state index is 0.971. The van der Waals surface area contributed by atoms with Gasteiger partial charge in [0.25, 0.3) is 0 Å². The molecule has 0 radical (unpaired) electrons. The van der Waals surface area contributed by atoms with Crippen molar-refractivity contribution < 1.29 is 0 Å². The summed E-state index contributed by atoms with van der Waals surface area (Å²) in [6.07, 6.45) is 0. The lowest BCUT2D eigenvalue weighted by Gasteiger charge is -2.11. The second-order valence-corrected chi connectivity index (χ2v) is 10.4. The molecule has 0 saturated heterocycles. The van der Waals surface area contributed by atoms with Gasteiger partial charge in [0.05, 0.1) is 22.4 Å². The van der Waals surface area contributed by atoms with Gasteiger partial charge in [-0.2, -0.15) is 0 Å². The van der Waals surface area contributed by atoms with E-state index < -0.39 is 0 Å². The van der Waals surface area contributed by atoms with Gasteiger partial charge in [-0.05, 0) is 64.4 Å². The standard InChI is InChI=1S/C39H26N2/c1-4-13-28(14-5-1)35-25-31(26-36(40-35)29-15-6-2-7-16-29)30-21-22-37-34(24-30)39-33-19-11-10-12-27(33)20-23-38(39)41(37)32-17-8-3-9-18-32/h1-26H. The molecular weight excluding hydrogens is 496 g/mol. The Labute approximate surface area is 238 Å². The number of hydrogen-bond donors (Lipinski definition) is 0. The number of para-hydroxylation sites is 1. The Hall–Kier alpha value is -5.47. The number of nitrogens with zero attached hydrogens (tertiary/aromatic N) is 2. The van der Waals surface area contributed by atoms with Crippen LogP contribution in [0.15, 0.2) is 158 Å². The zero-order valence-electron chi connectivity index (χ0n) is 22.4. The lowest BCUT2D eigenvalue weighted by atomic mass is 9.97. The van der Waals surface area contributed by atoms with Crippen LogP contribution in [0.2, 0.25) is 0 Å². The van der Waals surface area contributed by atoms with Crippen LogP contribution in [0, 0.1) is 0 Å². The van der Waals surface area contributed by atoms with Gasteiger partial charge in [0.15, 0.2) is 0 Å². The molecule has 2 heteroatoms. The van der Waals surface area contributed by atoms with Gasteiger partial charge in [0.2, 0.25) is 0 Å². The van der Waals surface area contributed by atoms with Crippen LogP contribution in [0.25, 0.3) is 71.9 Å². The van der Waals surface area contributed by atoms with E-state index in [1.54, 1.807) is 0 Å². The fourth-order valence-electron chi connectivity index (χ4n) is 6.04. The zero-order valence-corrected chi connectivity index (χ0v) is 22.4. The topological polar surface area (TPSA) is 17.8 Å². The molecule has 2 nitrogen and oxygen atoms in total. The van der Waals surface area contributed by atoms with Crippen molar-refractivity contribution in [3.8, 4) is 39.3 Å². The van der Waals surface area contributed by atoms with Gasteiger partial charge in [0, 0.05) is 27.6 Å². The van der Waals surface area contributed by atoms with Crippen LogP contribution in [-0.2, 0) is 0 Å². The molecule has 0 fully saturated rings. The lowest BCUT2D eigenvalue weighted by molar-refractivity contribution is 1.18. The smallest absolute Gasteiger partial charge is 0.0715 e. The Morgan fingerprint density at radius 1 is 0.390 bits per heavy atom. The molecule has 2 aromatic heterocycles. The summed E-state index contributed by atoms with van der Waals surface area (Å²) in [5, 5.41) is 5.05. The molecule has 0 spiro atoms. The Morgan fingerprint density at radius 3 is 1.66 bits per heavy atom. The molecule has 0 amide bonds. The van der Waals surface area contributed by atoms with Crippen molar-refractivity contribution in [2.45, 2.75) is 0 Å². The fraction of sp³-hybridized carbons (Fsp3) is 0. The van der Waals surface area contributed by atoms with E-state index in [4.69, 9.17) is 4.98 Å². The monoisotopic (exact) mass is 522 g/mol. The van der Waals surface area contributed by atoms with Crippen molar-refractivity contribution in [3.63, 3.8) is 0 Å². The highest BCUT2D eigenvalue weighted by atomic mass is 15.0. The van der Waals surface area contributed by atoms with Crippen molar-refractivity contribution in [3.05, 3.63) is 158 Å². The van der Waals surface area contributed by atoms with Gasteiger partial charge in [0.1, 0.15) is 0 Å². The first-order valence-electron chi connectivity index (χ1n) is 14.0. The first-order valence-corrected chi connectivity index (χ1v) is 14.0. The molecule has 0 bridgehead atoms. The molecule has 6 aromatic carbocycles. The lowest BCUT2D eigenvalue weighted by Crippen LogP contribution is -1.93. The summed E-state index contributed by atoms with van der Waals surface area (Å²) in [5.74, 6) is 0. The summed E-state index contributed by atoms with van der Waals surface area (Å²) < 4.78 is 2.39. The van der Waals surface area contributed by atoms with Gasteiger partial charge in [-0.3, -0.25) is 0 Å². The molecule has 0 unspecified atom stereocenters. The van der Waals surface area contributed by atoms with Crippen molar-refractivity contribution in [1.82, 2.24) is 9.55 Å². The van der Waals surface area contributed by atoms with Crippen LogP contribution >= 0.6 is 0 Å². The first-order chi connectivity index (χ1) is 20.3. The van der Waals surface area contributed by atoms with Crippen LogP contribution in [0.5, 0.6) is 0 Å². The summed E-state index contributed by atoms with van der Waals surface area (Å²) in [5.41, 5.74) is 10.1. The molecule has 0 aliphatic carbocycles. The number of aromatic nitrogens is 2. The quantitative estimate of drug-likeness (QED) is 0.225. The van der Waals surface area contributed by atoms with Crippen LogP contribution in [-0.4, -0.2) is 9.55 Å². The molecule has 0 N–H and O–H groups in total. The maximum Gasteiger partial charge on any atom is 0.0715 e. The predicted molar refractivity (Wildman–Crippen MR) is 172 cm³/mol. The van der Waals surface area contributed by atoms with Crippen LogP contribution in [0.1, 0.15) is 0 Å². The SMILES string of the molecule is c1ccc(-c2cc(-c3ccc4c(c3)c3c5ccccc5ccc3n4-c3ccccc3)cc(-c3ccccc3)n2)cc1. The third-order valence-electron chi connectivity index (χ3n) is 7.97. The van der Waals surface area contributed by atoms with Crippen LogP contribution < -0.4 is 0 Å². The van der Waals surface area contributed by atoms with E-state index >= 15 is 0 Å². The minimum Gasteiger partial charge on any atom is -0.309 e. The highest BCUT2D eigenvalue weighted by Crippen LogP contribution is 2.39. The van der Waals surface area contributed by atoms with Crippen LogP contribution in [0.4, 0.5) is 0 Å². The third kappa shape index (κ3) is 4.00. The van der Waals surface area contributed by atoms with Gasteiger partial charge in [-0.15, -0.1) is 0 Å². The molecule has 41 heavy (non-hydrogen) atoms. The second kappa shape index (κ2) is 9.62. The maximum atomic E-state index is 5.09. The largest absolute Gasteiger partial charge is 0.309 e. The summed E-state index contributed by atoms with van der Waals surface area (Å²) >= 11 is 0. The van der Waals surface area contributed by atoms with E-state index in [2.05, 4.69) is 150 Å². The van der Waals surface area contributed by atoms with E-state index in [1.165, 1.54) is 38.1 Å². The summed E-state index contributed by atoms with van der Waals surface area (Å²) in [4.78, 5) is 5.09. The molecule has 0 saturated carbocycles. The number of pyridine rings is 1. The zero-order chi connectivity index (χ0) is 27.2. The highest BCUT2D eigenvalue weighted by molar-refractivity contribution is 6.21. The molecule has 8 rings (SSSR count). The molecule has 192 valence electrons. The molecular formula is C39H26N2. The van der Waals surface area contributed by atoms with Crippen molar-refractivity contribution >= 4 is 32.6 Å². The Kier molecular flexibility index (Phi) is 5.49. The number of hydrogen-bond acceptors (Lipinski definition) is 1. The Morgan fingerprint density at radius 2 is 0.976 bits per heavy atom. The van der Waals surface area contributed by atoms with E-state index in [9.17, 15) is 0 Å². The molecule has 0 aliphatic heterocycles. The van der Waals surface area contributed by atoms with Crippen LogP contribution in [0.3, 0.4) is 0 Å². The van der Waals surface area contributed by atoms with Crippen molar-refractivity contribution in [1.29, 1.82) is 0 Å². The second-order valence-electron chi connectivity index (χ2n) is 10.4. The molecule has 2 heterocycles. The van der Waals surface area contributed by atoms with Gasteiger partial charge in [-0.1, -0.05) is 115 Å². The van der Waals surface area contributed by atoms with Gasteiger partial charge < -0.3 is 4.57 Å². The normalized spacial score (nSPS) is 11.4. The maximum absolute atomic E-state index is 5.09. The van der Waals surface area contributed by atoms with Crippen molar-refractivity contribution in [2.75, 3.05) is 0 Å². The summed E-state index contributed by atoms with van der Waals surface area (Å²) in [7, 11) is 0. The predicted octanol–water partition coefficient (Wildman–Crippen LogP) is 10.3. The average molecular weight is 523 g/mol. The number of rotatable bonds is 4. The number of benzene rings is 6. The minimum absolute atomic E-state index is 0.971. The fourth-order valence-corrected chi connectivity index (χ4v) is 6.04. The molecule has 0 atom stereocenters. The average Bonchev–Trinajstić information content (AvgIpc) is 3.40. The van der Waals surface area contributed by atoms with Gasteiger partial charge in [-0.25, -0.2) is 4.98 Å². The summed E-state index contributed by atoms with van der Waals surface area (Å²) in [6.45, 7) is 0. The molecule has 0 aliphatic rings. The Bertz CT molecular complexity index is 2120. The van der Waals surface area contributed by atoms with E-state index in [1.807, 2.05) is 12.1 Å². The van der Waals surface area contributed by atoms with E-state index in [-0.39, 0.29) is 0 Å². The van der Waals surface area contributed by atoms with E-state index in [0.717, 1.165) is 33.8 Å². The summed E-state index contributed by atoms with van der Waals surface area (Å²) in [6, 6.07) is 56.1. The van der Waals surface area contributed by atoms with Gasteiger partial charge >= 0.3 is 0 Å². The first kappa shape index (κ1) is 23.4. The molecule has 8 aromatic rings. The third-order valence-corrected chi connectivity index (χ3v) is 7.97. The number of fused-ring (bicyclic) bond motifs is 5. The van der Waals surface area contributed by atoms with E-state index in [0.29, 0.717) is 0 Å². The highest BCUT2D eigenvalue weighted by Gasteiger charge is 2.16.